The maximum absolute atomic E-state index is 13.9. The molecule has 4 heteroatoms. The molecule has 1 aliphatic heterocycles. The summed E-state index contributed by atoms with van der Waals surface area (Å²) in [4.78, 5) is 2.47. The number of piperazine rings is 1. The van der Waals surface area contributed by atoms with Crippen molar-refractivity contribution in [1.29, 1.82) is 0 Å². The number of halogens is 1. The smallest absolute Gasteiger partial charge is 0.165 e. The van der Waals surface area contributed by atoms with Crippen molar-refractivity contribution in [2.24, 2.45) is 0 Å². The van der Waals surface area contributed by atoms with E-state index in [-0.39, 0.29) is 5.82 Å². The third-order valence-electron chi connectivity index (χ3n) is 3.98. The molecule has 1 aromatic rings. The molecule has 1 N–H and O–H groups in total. The second kappa shape index (κ2) is 7.60. The highest BCUT2D eigenvalue weighted by molar-refractivity contribution is 5.31. The largest absolute Gasteiger partial charge is 0.494 e. The molecule has 1 fully saturated rings. The summed E-state index contributed by atoms with van der Waals surface area (Å²) in [6, 6.07) is 5.70. The number of hydrogen-bond donors (Lipinski definition) is 1. The van der Waals surface area contributed by atoms with E-state index in [1.54, 1.807) is 12.1 Å². The predicted octanol–water partition coefficient (Wildman–Crippen LogP) is 2.97. The quantitative estimate of drug-likeness (QED) is 0.867. The summed E-state index contributed by atoms with van der Waals surface area (Å²) in [5.41, 5.74) is 1.07. The molecule has 0 bridgehead atoms. The molecule has 0 unspecified atom stereocenters. The molecule has 0 spiro atoms. The molecule has 0 aliphatic carbocycles. The number of hydrogen-bond acceptors (Lipinski definition) is 3. The Bertz CT molecular complexity index is 419. The molecule has 3 nitrogen and oxygen atoms in total. The number of methoxy groups -OCH3 is 1. The second-order valence-corrected chi connectivity index (χ2v) is 5.34. The molecule has 0 aromatic heterocycles. The molecule has 0 amide bonds. The van der Waals surface area contributed by atoms with E-state index in [1.807, 2.05) is 6.07 Å². The van der Waals surface area contributed by atoms with Crippen molar-refractivity contribution in [2.75, 3.05) is 33.3 Å². The Kier molecular flexibility index (Phi) is 5.80. The summed E-state index contributed by atoms with van der Waals surface area (Å²) < 4.78 is 19.0. The summed E-state index contributed by atoms with van der Waals surface area (Å²) in [7, 11) is 1.50. The molecule has 2 rings (SSSR count). The van der Waals surface area contributed by atoms with Crippen molar-refractivity contribution in [2.45, 2.75) is 32.2 Å². The van der Waals surface area contributed by atoms with Crippen molar-refractivity contribution >= 4 is 0 Å². The van der Waals surface area contributed by atoms with Gasteiger partial charge in [0, 0.05) is 32.2 Å². The third kappa shape index (κ3) is 3.70. The van der Waals surface area contributed by atoms with Crippen molar-refractivity contribution < 1.29 is 9.13 Å². The summed E-state index contributed by atoms with van der Waals surface area (Å²) >= 11 is 0. The van der Waals surface area contributed by atoms with Gasteiger partial charge in [0.2, 0.25) is 0 Å². The van der Waals surface area contributed by atoms with Crippen LogP contribution in [-0.2, 0) is 0 Å². The lowest BCUT2D eigenvalue weighted by Crippen LogP contribution is -2.45. The zero-order valence-corrected chi connectivity index (χ0v) is 12.5. The van der Waals surface area contributed by atoms with Crippen LogP contribution in [0.3, 0.4) is 0 Å². The highest BCUT2D eigenvalue weighted by Gasteiger charge is 2.22. The minimum atomic E-state index is -0.262. The molecule has 0 radical (unpaired) electrons. The molecule has 1 aliphatic rings. The van der Waals surface area contributed by atoms with Crippen LogP contribution in [0.25, 0.3) is 0 Å². The number of benzene rings is 1. The van der Waals surface area contributed by atoms with Crippen molar-refractivity contribution in [3.8, 4) is 5.75 Å². The minimum Gasteiger partial charge on any atom is -0.494 e. The maximum Gasteiger partial charge on any atom is 0.165 e. The Labute approximate surface area is 121 Å². The van der Waals surface area contributed by atoms with Gasteiger partial charge in [-0.15, -0.1) is 0 Å². The van der Waals surface area contributed by atoms with Crippen LogP contribution in [0.5, 0.6) is 5.75 Å². The first-order chi connectivity index (χ1) is 9.76. The number of ether oxygens (including phenoxy) is 1. The molecule has 112 valence electrons. The highest BCUT2D eigenvalue weighted by Crippen LogP contribution is 2.29. The minimum absolute atomic E-state index is 0.262. The lowest BCUT2D eigenvalue weighted by Gasteiger charge is -2.35. The van der Waals surface area contributed by atoms with E-state index >= 15 is 0 Å². The fraction of sp³-hybridized carbons (Fsp3) is 0.625. The topological polar surface area (TPSA) is 24.5 Å². The molecule has 1 atom stereocenters. The van der Waals surface area contributed by atoms with Crippen LogP contribution in [0.1, 0.15) is 37.8 Å². The fourth-order valence-electron chi connectivity index (χ4n) is 2.84. The summed E-state index contributed by atoms with van der Waals surface area (Å²) in [6.45, 7) is 6.29. The van der Waals surface area contributed by atoms with Crippen LogP contribution in [0.2, 0.25) is 0 Å². The van der Waals surface area contributed by atoms with E-state index in [4.69, 9.17) is 4.74 Å². The van der Waals surface area contributed by atoms with Gasteiger partial charge in [-0.1, -0.05) is 25.8 Å². The van der Waals surface area contributed by atoms with Crippen LogP contribution in [0.4, 0.5) is 4.39 Å². The van der Waals surface area contributed by atoms with Gasteiger partial charge in [-0.05, 0) is 24.1 Å². The maximum atomic E-state index is 13.9. The SMILES string of the molecule is CCCC[C@@H](c1ccc(OC)c(F)c1)N1CCNCC1. The average Bonchev–Trinajstić information content (AvgIpc) is 2.49. The highest BCUT2D eigenvalue weighted by atomic mass is 19.1. The van der Waals surface area contributed by atoms with Crippen LogP contribution in [-0.4, -0.2) is 38.2 Å². The summed E-state index contributed by atoms with van der Waals surface area (Å²) in [6.07, 6.45) is 3.42. The normalized spacial score (nSPS) is 17.9. The molecule has 0 saturated carbocycles. The Morgan fingerprint density at radius 1 is 1.35 bits per heavy atom. The zero-order chi connectivity index (χ0) is 14.4. The third-order valence-corrected chi connectivity index (χ3v) is 3.98. The number of nitrogens with one attached hydrogen (secondary N) is 1. The first kappa shape index (κ1) is 15.3. The Morgan fingerprint density at radius 3 is 2.70 bits per heavy atom. The number of unbranched alkanes of at least 4 members (excludes halogenated alkanes) is 1. The molecule has 1 aromatic carbocycles. The number of nitrogens with zero attached hydrogens (tertiary/aromatic N) is 1. The average molecular weight is 280 g/mol. The Balaban J connectivity index is 2.18. The van der Waals surface area contributed by atoms with E-state index in [1.165, 1.54) is 20.0 Å². The van der Waals surface area contributed by atoms with Gasteiger partial charge in [-0.3, -0.25) is 4.90 Å². The van der Waals surface area contributed by atoms with E-state index < -0.39 is 0 Å². The van der Waals surface area contributed by atoms with Crippen LogP contribution >= 0.6 is 0 Å². The zero-order valence-electron chi connectivity index (χ0n) is 12.5. The van der Waals surface area contributed by atoms with Gasteiger partial charge in [0.15, 0.2) is 11.6 Å². The molecule has 20 heavy (non-hydrogen) atoms. The lowest BCUT2D eigenvalue weighted by molar-refractivity contribution is 0.163. The van der Waals surface area contributed by atoms with Crippen molar-refractivity contribution in [3.05, 3.63) is 29.6 Å². The summed E-state index contributed by atoms with van der Waals surface area (Å²) in [5.74, 6) is 0.0601. The standard InChI is InChI=1S/C16H25FN2O/c1-3-4-5-15(19-10-8-18-9-11-19)13-6-7-16(20-2)14(17)12-13/h6-7,12,15,18H,3-5,8-11H2,1-2H3/t15-/m0/s1. The van der Waals surface area contributed by atoms with Gasteiger partial charge in [-0.2, -0.15) is 0 Å². The van der Waals surface area contributed by atoms with Crippen LogP contribution in [0.15, 0.2) is 18.2 Å². The van der Waals surface area contributed by atoms with Crippen molar-refractivity contribution in [1.82, 2.24) is 10.2 Å². The lowest BCUT2D eigenvalue weighted by atomic mass is 9.98. The molecule has 1 heterocycles. The number of rotatable bonds is 6. The first-order valence-corrected chi connectivity index (χ1v) is 7.54. The van der Waals surface area contributed by atoms with E-state index in [0.29, 0.717) is 11.8 Å². The van der Waals surface area contributed by atoms with E-state index in [2.05, 4.69) is 17.1 Å². The first-order valence-electron chi connectivity index (χ1n) is 7.54. The van der Waals surface area contributed by atoms with E-state index in [9.17, 15) is 4.39 Å². The van der Waals surface area contributed by atoms with Crippen molar-refractivity contribution in [3.63, 3.8) is 0 Å². The van der Waals surface area contributed by atoms with E-state index in [0.717, 1.165) is 38.2 Å². The monoisotopic (exact) mass is 280 g/mol. The van der Waals surface area contributed by atoms with Gasteiger partial charge >= 0.3 is 0 Å². The molecular weight excluding hydrogens is 255 g/mol. The van der Waals surface area contributed by atoms with Gasteiger partial charge in [0.05, 0.1) is 7.11 Å². The second-order valence-electron chi connectivity index (χ2n) is 5.34. The van der Waals surface area contributed by atoms with Gasteiger partial charge in [0.25, 0.3) is 0 Å². The van der Waals surface area contributed by atoms with Crippen LogP contribution in [0, 0.1) is 5.82 Å². The van der Waals surface area contributed by atoms with Gasteiger partial charge in [0.1, 0.15) is 0 Å². The van der Waals surface area contributed by atoms with Crippen LogP contribution < -0.4 is 10.1 Å². The van der Waals surface area contributed by atoms with Gasteiger partial charge in [-0.25, -0.2) is 4.39 Å². The fourth-order valence-corrected chi connectivity index (χ4v) is 2.84. The Morgan fingerprint density at radius 2 is 2.10 bits per heavy atom. The predicted molar refractivity (Wildman–Crippen MR) is 79.7 cm³/mol. The molecule has 1 saturated heterocycles. The molecular formula is C16H25FN2O. The summed E-state index contributed by atoms with van der Waals surface area (Å²) in [5, 5.41) is 3.37. The van der Waals surface area contributed by atoms with Gasteiger partial charge < -0.3 is 10.1 Å². The Hall–Kier alpha value is -1.13.